The van der Waals surface area contributed by atoms with Crippen LogP contribution >= 0.6 is 34.5 Å². The van der Waals surface area contributed by atoms with Crippen LogP contribution in [-0.4, -0.2) is 44.6 Å². The molecule has 0 radical (unpaired) electrons. The summed E-state index contributed by atoms with van der Waals surface area (Å²) in [6, 6.07) is 5.74. The van der Waals surface area contributed by atoms with Crippen molar-refractivity contribution in [2.24, 2.45) is 0 Å². The van der Waals surface area contributed by atoms with Crippen LogP contribution in [0.15, 0.2) is 18.2 Å². The smallest absolute Gasteiger partial charge is 0.274 e. The zero-order valence-corrected chi connectivity index (χ0v) is 17.2. The zero-order chi connectivity index (χ0) is 18.8. The van der Waals surface area contributed by atoms with Gasteiger partial charge in [-0.15, -0.1) is 5.10 Å². The Labute approximate surface area is 170 Å². The molecule has 4 rings (SSSR count). The van der Waals surface area contributed by atoms with Gasteiger partial charge < -0.3 is 9.64 Å². The number of aromatic nitrogens is 3. The molecule has 0 unspecified atom stereocenters. The fraction of sp³-hybridized carbons (Fsp3) is 0.444. The Morgan fingerprint density at radius 1 is 1.37 bits per heavy atom. The normalized spacial score (nSPS) is 15.4. The lowest BCUT2D eigenvalue weighted by molar-refractivity contribution is 0.0599. The molecule has 3 aromatic rings. The number of amides is 1. The largest absolute Gasteiger partial charge is 0.467 e. The monoisotopic (exact) mass is 422 g/mol. The predicted molar refractivity (Wildman–Crippen MR) is 108 cm³/mol. The average molecular weight is 423 g/mol. The minimum atomic E-state index is 0.0404. The van der Waals surface area contributed by atoms with Crippen LogP contribution < -0.4 is 4.74 Å². The Kier molecular flexibility index (Phi) is 5.56. The van der Waals surface area contributed by atoms with E-state index in [2.05, 4.69) is 21.5 Å². The molecule has 9 heteroatoms. The number of aryl methyl sites for hydroxylation is 1. The van der Waals surface area contributed by atoms with Crippen LogP contribution in [0.5, 0.6) is 5.19 Å². The maximum atomic E-state index is 12.8. The molecule has 1 aromatic carbocycles. The van der Waals surface area contributed by atoms with Gasteiger partial charge in [-0.1, -0.05) is 46.8 Å². The molecule has 1 aliphatic heterocycles. The van der Waals surface area contributed by atoms with E-state index in [0.29, 0.717) is 28.2 Å². The number of carbonyl (C=O) groups is 1. The highest BCUT2D eigenvalue weighted by Crippen LogP contribution is 2.33. The van der Waals surface area contributed by atoms with Gasteiger partial charge in [-0.25, -0.2) is 4.98 Å². The van der Waals surface area contributed by atoms with Crippen molar-refractivity contribution in [2.75, 3.05) is 13.1 Å². The number of benzene rings is 1. The van der Waals surface area contributed by atoms with Crippen molar-refractivity contribution in [3.8, 4) is 5.19 Å². The summed E-state index contributed by atoms with van der Waals surface area (Å²) < 4.78 is 11.0. The van der Waals surface area contributed by atoms with E-state index in [1.807, 2.05) is 23.1 Å². The first-order valence-corrected chi connectivity index (χ1v) is 10.9. The van der Waals surface area contributed by atoms with E-state index in [0.717, 1.165) is 41.6 Å². The number of halogens is 1. The van der Waals surface area contributed by atoms with Crippen molar-refractivity contribution < 1.29 is 9.53 Å². The van der Waals surface area contributed by atoms with Crippen LogP contribution in [-0.2, 0) is 6.42 Å². The fourth-order valence-corrected chi connectivity index (χ4v) is 5.04. The van der Waals surface area contributed by atoms with E-state index in [4.69, 9.17) is 16.3 Å². The number of para-hydroxylation sites is 1. The lowest BCUT2D eigenvalue weighted by Gasteiger charge is -2.31. The third-order valence-electron chi connectivity index (χ3n) is 4.58. The summed E-state index contributed by atoms with van der Waals surface area (Å²) in [6.45, 7) is 3.41. The van der Waals surface area contributed by atoms with Crippen LogP contribution in [0.2, 0.25) is 5.02 Å². The van der Waals surface area contributed by atoms with Gasteiger partial charge in [0.25, 0.3) is 11.1 Å². The molecule has 6 nitrogen and oxygen atoms in total. The third-order valence-corrected chi connectivity index (χ3v) is 6.56. The van der Waals surface area contributed by atoms with Gasteiger partial charge in [-0.2, -0.15) is 0 Å². The summed E-state index contributed by atoms with van der Waals surface area (Å²) in [5.41, 5.74) is 1.60. The second-order valence-electron chi connectivity index (χ2n) is 6.47. The molecule has 1 aliphatic rings. The summed E-state index contributed by atoms with van der Waals surface area (Å²) in [5.74, 6) is 0.0404. The van der Waals surface area contributed by atoms with Crippen LogP contribution in [0.3, 0.4) is 0 Å². The molecule has 0 aliphatic carbocycles. The molecule has 0 spiro atoms. The molecular weight excluding hydrogens is 404 g/mol. The summed E-state index contributed by atoms with van der Waals surface area (Å²) >= 11 is 8.88. The van der Waals surface area contributed by atoms with Crippen molar-refractivity contribution >= 4 is 50.6 Å². The van der Waals surface area contributed by atoms with Gasteiger partial charge in [0, 0.05) is 25.9 Å². The van der Waals surface area contributed by atoms with E-state index in [1.165, 1.54) is 22.9 Å². The second-order valence-corrected chi connectivity index (χ2v) is 8.63. The number of nitrogens with zero attached hydrogens (tertiary/aromatic N) is 4. The topological polar surface area (TPSA) is 68.2 Å². The maximum Gasteiger partial charge on any atom is 0.274 e. The molecule has 27 heavy (non-hydrogen) atoms. The Morgan fingerprint density at radius 3 is 2.93 bits per heavy atom. The van der Waals surface area contributed by atoms with Gasteiger partial charge in [-0.3, -0.25) is 4.79 Å². The molecule has 0 atom stereocenters. The molecule has 142 valence electrons. The number of thiazole rings is 1. The SMILES string of the molecule is CCCc1nnsc1C(=O)N1CCC(Oc2nc3c(Cl)cccc3s2)CC1. The molecule has 3 heterocycles. The van der Waals surface area contributed by atoms with Crippen molar-refractivity contribution in [1.82, 2.24) is 19.5 Å². The van der Waals surface area contributed by atoms with Crippen LogP contribution in [0.4, 0.5) is 0 Å². The lowest BCUT2D eigenvalue weighted by Crippen LogP contribution is -2.41. The Bertz CT molecular complexity index is 950. The first kappa shape index (κ1) is 18.6. The molecular formula is C18H19ClN4O2S2. The Morgan fingerprint density at radius 2 is 2.19 bits per heavy atom. The minimum Gasteiger partial charge on any atom is -0.467 e. The molecule has 0 N–H and O–H groups in total. The van der Waals surface area contributed by atoms with Gasteiger partial charge in [0.1, 0.15) is 16.5 Å². The number of fused-ring (bicyclic) bond motifs is 1. The highest BCUT2D eigenvalue weighted by molar-refractivity contribution is 7.20. The van der Waals surface area contributed by atoms with Crippen molar-refractivity contribution in [2.45, 2.75) is 38.7 Å². The Hall–Kier alpha value is -1.77. The fourth-order valence-electron chi connectivity index (χ4n) is 3.18. The highest BCUT2D eigenvalue weighted by Gasteiger charge is 2.28. The Balaban J connectivity index is 1.37. The van der Waals surface area contributed by atoms with E-state index < -0.39 is 0 Å². The third kappa shape index (κ3) is 3.93. The van der Waals surface area contributed by atoms with Gasteiger partial charge in [-0.05, 0) is 30.1 Å². The summed E-state index contributed by atoms with van der Waals surface area (Å²) in [7, 11) is 0. The summed E-state index contributed by atoms with van der Waals surface area (Å²) in [5, 5.41) is 5.38. The van der Waals surface area contributed by atoms with Crippen molar-refractivity contribution in [3.05, 3.63) is 33.8 Å². The molecule has 0 saturated carbocycles. The first-order valence-electron chi connectivity index (χ1n) is 8.98. The number of hydrogen-bond acceptors (Lipinski definition) is 7. The number of hydrogen-bond donors (Lipinski definition) is 0. The molecule has 0 bridgehead atoms. The van der Waals surface area contributed by atoms with Gasteiger partial charge >= 0.3 is 0 Å². The van der Waals surface area contributed by atoms with Crippen LogP contribution in [0, 0.1) is 0 Å². The first-order chi connectivity index (χ1) is 13.2. The second kappa shape index (κ2) is 8.08. The minimum absolute atomic E-state index is 0.0404. The van der Waals surface area contributed by atoms with E-state index in [-0.39, 0.29) is 12.0 Å². The summed E-state index contributed by atoms with van der Waals surface area (Å²) in [6.07, 6.45) is 3.36. The van der Waals surface area contributed by atoms with E-state index in [9.17, 15) is 4.79 Å². The molecule has 2 aromatic heterocycles. The van der Waals surface area contributed by atoms with Crippen LogP contribution in [0.1, 0.15) is 41.6 Å². The van der Waals surface area contributed by atoms with E-state index in [1.54, 1.807) is 0 Å². The van der Waals surface area contributed by atoms with Gasteiger partial charge in [0.15, 0.2) is 0 Å². The van der Waals surface area contributed by atoms with Crippen LogP contribution in [0.25, 0.3) is 10.2 Å². The number of rotatable bonds is 5. The number of ether oxygens (including phenoxy) is 1. The lowest BCUT2D eigenvalue weighted by atomic mass is 10.1. The number of likely N-dealkylation sites (tertiary alicyclic amines) is 1. The number of carbonyl (C=O) groups excluding carboxylic acids is 1. The maximum absolute atomic E-state index is 12.8. The van der Waals surface area contributed by atoms with Crippen molar-refractivity contribution in [3.63, 3.8) is 0 Å². The molecule has 1 fully saturated rings. The van der Waals surface area contributed by atoms with Crippen molar-refractivity contribution in [1.29, 1.82) is 0 Å². The van der Waals surface area contributed by atoms with Gasteiger partial charge in [0.2, 0.25) is 0 Å². The number of piperidine rings is 1. The standard InChI is InChI=1S/C18H19ClN4O2S2/c1-2-4-13-16(27-22-21-13)17(24)23-9-7-11(8-10-23)25-18-20-15-12(19)5-3-6-14(15)26-18/h3,5-6,11H,2,4,7-10H2,1H3. The van der Waals surface area contributed by atoms with Gasteiger partial charge in [0.05, 0.1) is 15.4 Å². The van der Waals surface area contributed by atoms with E-state index >= 15 is 0 Å². The quantitative estimate of drug-likeness (QED) is 0.608. The zero-order valence-electron chi connectivity index (χ0n) is 14.9. The highest BCUT2D eigenvalue weighted by atomic mass is 35.5. The molecule has 1 saturated heterocycles. The average Bonchev–Trinajstić information content (AvgIpc) is 3.29. The molecule has 1 amide bonds. The predicted octanol–water partition coefficient (Wildman–Crippen LogP) is 4.44. The summed E-state index contributed by atoms with van der Waals surface area (Å²) in [4.78, 5) is 19.8.